The van der Waals surface area contributed by atoms with Crippen molar-refractivity contribution in [3.8, 4) is 0 Å². The normalized spacial score (nSPS) is 23.4. The molecule has 25 heavy (non-hydrogen) atoms. The molecule has 6 nitrogen and oxygen atoms in total. The van der Waals surface area contributed by atoms with Gasteiger partial charge in [-0.2, -0.15) is 0 Å². The molecule has 0 aromatic carbocycles. The number of hydrogen-bond acceptors (Lipinski definition) is 5. The lowest BCUT2D eigenvalue weighted by Gasteiger charge is -2.36. The van der Waals surface area contributed by atoms with E-state index in [9.17, 15) is 13.6 Å². The average molecular weight is 353 g/mol. The molecule has 1 unspecified atom stereocenters. The highest BCUT2D eigenvalue weighted by Crippen LogP contribution is 2.26. The van der Waals surface area contributed by atoms with E-state index in [0.717, 1.165) is 17.3 Å². The average Bonchev–Trinajstić information content (AvgIpc) is 2.93. The number of anilines is 1. The molecule has 1 amide bonds. The van der Waals surface area contributed by atoms with Crippen LogP contribution < -0.4 is 10.2 Å². The highest BCUT2D eigenvalue weighted by atomic mass is 19.3. The van der Waals surface area contributed by atoms with Crippen molar-refractivity contribution >= 4 is 11.7 Å². The summed E-state index contributed by atoms with van der Waals surface area (Å²) in [6.07, 6.45) is -0.408. The number of rotatable bonds is 3. The van der Waals surface area contributed by atoms with Crippen LogP contribution in [0.4, 0.5) is 14.6 Å². The number of nitrogens with one attached hydrogen (secondary N) is 1. The SMILES string of the molecule is Cc1cc(N2CCN(C(=O)C3CC(F)(F)CN3)CC2)nc(C(C)C)n1. The number of hydrogen-bond donors (Lipinski definition) is 1. The van der Waals surface area contributed by atoms with Crippen molar-refractivity contribution in [1.82, 2.24) is 20.2 Å². The first-order valence-corrected chi connectivity index (χ1v) is 8.76. The molecule has 8 heteroatoms. The van der Waals surface area contributed by atoms with Crippen LogP contribution in [0.5, 0.6) is 0 Å². The minimum atomic E-state index is -2.78. The van der Waals surface area contributed by atoms with Crippen LogP contribution in [-0.2, 0) is 4.79 Å². The molecule has 0 saturated carbocycles. The Balaban J connectivity index is 1.61. The van der Waals surface area contributed by atoms with Gasteiger partial charge in [0.1, 0.15) is 11.6 Å². The van der Waals surface area contributed by atoms with E-state index in [1.807, 2.05) is 13.0 Å². The van der Waals surface area contributed by atoms with E-state index < -0.39 is 24.9 Å². The Morgan fingerprint density at radius 2 is 1.96 bits per heavy atom. The minimum absolute atomic E-state index is 0.224. The Labute approximate surface area is 146 Å². The molecule has 138 valence electrons. The van der Waals surface area contributed by atoms with Crippen molar-refractivity contribution in [2.75, 3.05) is 37.6 Å². The van der Waals surface area contributed by atoms with E-state index in [0.29, 0.717) is 26.2 Å². The second-order valence-electron chi connectivity index (χ2n) is 7.19. The minimum Gasteiger partial charge on any atom is -0.353 e. The standard InChI is InChI=1S/C17H25F2N5O/c1-11(2)15-21-12(3)8-14(22-15)23-4-6-24(7-5-23)16(25)13-9-17(18,19)10-20-13/h8,11,13,20H,4-7,9-10H2,1-3H3. The summed E-state index contributed by atoms with van der Waals surface area (Å²) in [5.74, 6) is -1.08. The van der Waals surface area contributed by atoms with Crippen molar-refractivity contribution in [2.45, 2.75) is 45.1 Å². The molecule has 2 aliphatic rings. The molecule has 0 spiro atoms. The van der Waals surface area contributed by atoms with Crippen LogP contribution in [0.25, 0.3) is 0 Å². The third kappa shape index (κ3) is 4.05. The molecular weight excluding hydrogens is 328 g/mol. The second kappa shape index (κ2) is 6.82. The van der Waals surface area contributed by atoms with Gasteiger partial charge in [-0.15, -0.1) is 0 Å². The first-order chi connectivity index (χ1) is 11.7. The van der Waals surface area contributed by atoms with E-state index in [1.165, 1.54) is 0 Å². The molecule has 1 aromatic rings. The van der Waals surface area contributed by atoms with Gasteiger partial charge in [-0.3, -0.25) is 10.1 Å². The number of carbonyl (C=O) groups excluding carboxylic acids is 1. The number of aryl methyl sites for hydroxylation is 1. The lowest BCUT2D eigenvalue weighted by atomic mass is 10.1. The number of nitrogens with zero attached hydrogens (tertiary/aromatic N) is 4. The van der Waals surface area contributed by atoms with E-state index >= 15 is 0 Å². The second-order valence-corrected chi connectivity index (χ2v) is 7.19. The zero-order valence-corrected chi connectivity index (χ0v) is 14.9. The number of halogens is 2. The summed E-state index contributed by atoms with van der Waals surface area (Å²) in [7, 11) is 0. The molecule has 1 N–H and O–H groups in total. The number of amides is 1. The van der Waals surface area contributed by atoms with Gasteiger partial charge in [0.2, 0.25) is 5.91 Å². The zero-order chi connectivity index (χ0) is 18.2. The number of alkyl halides is 2. The van der Waals surface area contributed by atoms with E-state index in [-0.39, 0.29) is 11.8 Å². The predicted octanol–water partition coefficient (Wildman–Crippen LogP) is 1.55. The molecule has 1 atom stereocenters. The Morgan fingerprint density at radius 1 is 1.28 bits per heavy atom. The van der Waals surface area contributed by atoms with Crippen LogP contribution in [0.1, 0.15) is 37.7 Å². The van der Waals surface area contributed by atoms with Crippen molar-refractivity contribution in [3.63, 3.8) is 0 Å². The maximum atomic E-state index is 13.3. The summed E-state index contributed by atoms with van der Waals surface area (Å²) in [4.78, 5) is 25.3. The van der Waals surface area contributed by atoms with Gasteiger partial charge >= 0.3 is 0 Å². The Morgan fingerprint density at radius 3 is 2.52 bits per heavy atom. The number of carbonyl (C=O) groups is 1. The van der Waals surface area contributed by atoms with Gasteiger partial charge in [0.05, 0.1) is 12.6 Å². The Bertz CT molecular complexity index is 644. The van der Waals surface area contributed by atoms with Gasteiger partial charge in [-0.25, -0.2) is 18.7 Å². The maximum absolute atomic E-state index is 13.3. The summed E-state index contributed by atoms with van der Waals surface area (Å²) in [5.41, 5.74) is 0.921. The lowest BCUT2D eigenvalue weighted by molar-refractivity contribution is -0.134. The molecule has 3 heterocycles. The fraction of sp³-hybridized carbons (Fsp3) is 0.706. The largest absolute Gasteiger partial charge is 0.353 e. The smallest absolute Gasteiger partial charge is 0.262 e. The first kappa shape index (κ1) is 18.0. The zero-order valence-electron chi connectivity index (χ0n) is 14.9. The monoisotopic (exact) mass is 353 g/mol. The fourth-order valence-electron chi connectivity index (χ4n) is 3.26. The molecule has 2 saturated heterocycles. The first-order valence-electron chi connectivity index (χ1n) is 8.76. The van der Waals surface area contributed by atoms with Crippen LogP contribution in [0.3, 0.4) is 0 Å². The van der Waals surface area contributed by atoms with Crippen molar-refractivity contribution < 1.29 is 13.6 Å². The molecule has 0 radical (unpaired) electrons. The summed E-state index contributed by atoms with van der Waals surface area (Å²) in [6, 6.07) is 1.18. The van der Waals surface area contributed by atoms with Crippen LogP contribution >= 0.6 is 0 Å². The number of piperazine rings is 1. The van der Waals surface area contributed by atoms with Crippen LogP contribution in [0, 0.1) is 6.92 Å². The summed E-state index contributed by atoms with van der Waals surface area (Å²) in [5, 5.41) is 2.64. The molecule has 2 aliphatic heterocycles. The van der Waals surface area contributed by atoms with Gasteiger partial charge in [0.15, 0.2) is 0 Å². The third-order valence-electron chi connectivity index (χ3n) is 4.70. The van der Waals surface area contributed by atoms with Crippen LogP contribution in [-0.4, -0.2) is 65.5 Å². The summed E-state index contributed by atoms with van der Waals surface area (Å²) in [6.45, 7) is 7.96. The van der Waals surface area contributed by atoms with Gasteiger partial charge in [-0.05, 0) is 6.92 Å². The molecular formula is C17H25F2N5O. The molecule has 1 aromatic heterocycles. The molecule has 0 bridgehead atoms. The highest BCUT2D eigenvalue weighted by Gasteiger charge is 2.43. The molecule has 0 aliphatic carbocycles. The molecule has 2 fully saturated rings. The topological polar surface area (TPSA) is 61.4 Å². The number of aromatic nitrogens is 2. The highest BCUT2D eigenvalue weighted by molar-refractivity contribution is 5.82. The molecule has 3 rings (SSSR count). The Kier molecular flexibility index (Phi) is 4.90. The van der Waals surface area contributed by atoms with Gasteiger partial charge < -0.3 is 9.80 Å². The summed E-state index contributed by atoms with van der Waals surface area (Å²) >= 11 is 0. The lowest BCUT2D eigenvalue weighted by Crippen LogP contribution is -2.53. The van der Waals surface area contributed by atoms with Gasteiger partial charge in [0, 0.05) is 50.3 Å². The van der Waals surface area contributed by atoms with Gasteiger partial charge in [-0.1, -0.05) is 13.8 Å². The van der Waals surface area contributed by atoms with E-state index in [1.54, 1.807) is 4.90 Å². The predicted molar refractivity (Wildman–Crippen MR) is 91.0 cm³/mol. The fourth-order valence-corrected chi connectivity index (χ4v) is 3.26. The van der Waals surface area contributed by atoms with Crippen LogP contribution in [0.2, 0.25) is 0 Å². The van der Waals surface area contributed by atoms with Crippen molar-refractivity contribution in [3.05, 3.63) is 17.6 Å². The van der Waals surface area contributed by atoms with E-state index in [2.05, 4.69) is 34.0 Å². The Hall–Kier alpha value is -1.83. The van der Waals surface area contributed by atoms with Crippen LogP contribution in [0.15, 0.2) is 6.07 Å². The summed E-state index contributed by atoms with van der Waals surface area (Å²) < 4.78 is 26.6. The quantitative estimate of drug-likeness (QED) is 0.894. The van der Waals surface area contributed by atoms with E-state index in [4.69, 9.17) is 0 Å². The van der Waals surface area contributed by atoms with Crippen molar-refractivity contribution in [1.29, 1.82) is 0 Å². The third-order valence-corrected chi connectivity index (χ3v) is 4.70. The van der Waals surface area contributed by atoms with Gasteiger partial charge in [0.25, 0.3) is 5.92 Å². The van der Waals surface area contributed by atoms with Crippen molar-refractivity contribution in [2.24, 2.45) is 0 Å². The maximum Gasteiger partial charge on any atom is 0.262 e.